The smallest absolute Gasteiger partial charge is 0.329 e. The van der Waals surface area contributed by atoms with Gasteiger partial charge in [-0.2, -0.15) is 13.2 Å². The summed E-state index contributed by atoms with van der Waals surface area (Å²) in [5, 5.41) is 2.77. The van der Waals surface area contributed by atoms with Crippen LogP contribution in [0, 0.1) is 6.92 Å². The van der Waals surface area contributed by atoms with E-state index in [4.69, 9.17) is 0 Å². The molecule has 8 heteroatoms. The van der Waals surface area contributed by atoms with Crippen LogP contribution in [0.3, 0.4) is 0 Å². The molecule has 1 aromatic heterocycles. The summed E-state index contributed by atoms with van der Waals surface area (Å²) in [5.41, 5.74) is -1.63. The minimum absolute atomic E-state index is 0.0572. The van der Waals surface area contributed by atoms with Crippen molar-refractivity contribution < 1.29 is 18.0 Å². The number of aromatic nitrogens is 2. The number of likely N-dealkylation sites (N-methyl/N-ethyl adjacent to an activating group) is 1. The fourth-order valence-corrected chi connectivity index (χ4v) is 2.80. The second-order valence-corrected chi connectivity index (χ2v) is 5.67. The van der Waals surface area contributed by atoms with Gasteiger partial charge >= 0.3 is 6.18 Å². The van der Waals surface area contributed by atoms with Gasteiger partial charge in [-0.1, -0.05) is 0 Å². The molecule has 22 heavy (non-hydrogen) atoms. The van der Waals surface area contributed by atoms with Gasteiger partial charge in [-0.3, -0.25) is 4.79 Å². The van der Waals surface area contributed by atoms with Gasteiger partial charge in [-0.05, 0) is 39.8 Å². The van der Waals surface area contributed by atoms with Crippen LogP contribution < -0.4 is 5.32 Å². The third-order valence-electron chi connectivity index (χ3n) is 3.90. The van der Waals surface area contributed by atoms with Gasteiger partial charge in [0.15, 0.2) is 5.82 Å². The number of hydrogen-bond acceptors (Lipinski definition) is 4. The van der Waals surface area contributed by atoms with Crippen molar-refractivity contribution in [2.24, 2.45) is 0 Å². The maximum Gasteiger partial charge on any atom is 0.433 e. The van der Waals surface area contributed by atoms with E-state index in [1.54, 1.807) is 18.9 Å². The number of rotatable bonds is 3. The van der Waals surface area contributed by atoms with E-state index < -0.39 is 17.4 Å². The Hall–Kier alpha value is -1.70. The monoisotopic (exact) mass is 316 g/mol. The van der Waals surface area contributed by atoms with Crippen LogP contribution >= 0.6 is 0 Å². The number of nitrogens with one attached hydrogen (secondary N) is 1. The Labute approximate surface area is 126 Å². The van der Waals surface area contributed by atoms with Crippen molar-refractivity contribution in [3.63, 3.8) is 0 Å². The van der Waals surface area contributed by atoms with E-state index in [2.05, 4.69) is 15.3 Å². The molecule has 0 unspecified atom stereocenters. The summed E-state index contributed by atoms with van der Waals surface area (Å²) in [6.07, 6.45) is -3.27. The summed E-state index contributed by atoms with van der Waals surface area (Å²) in [5.74, 6) is -0.108. The summed E-state index contributed by atoms with van der Waals surface area (Å²) >= 11 is 0. The van der Waals surface area contributed by atoms with E-state index in [-0.39, 0.29) is 24.0 Å². The molecule has 1 N–H and O–H groups in total. The summed E-state index contributed by atoms with van der Waals surface area (Å²) in [7, 11) is 1.65. The van der Waals surface area contributed by atoms with Crippen molar-refractivity contribution in [3.8, 4) is 0 Å². The molecular formula is C14H19F3N4O. The number of amides is 1. The molecule has 122 valence electrons. The minimum Gasteiger partial charge on any atom is -0.329 e. The first-order valence-electron chi connectivity index (χ1n) is 7.07. The summed E-state index contributed by atoms with van der Waals surface area (Å²) < 4.78 is 38.9. The first-order valence-corrected chi connectivity index (χ1v) is 7.07. The molecule has 0 bridgehead atoms. The normalized spacial score (nSPS) is 22.2. The molecule has 1 aromatic rings. The molecule has 0 aromatic carbocycles. The third-order valence-corrected chi connectivity index (χ3v) is 3.90. The van der Waals surface area contributed by atoms with Crippen molar-refractivity contribution in [2.75, 3.05) is 20.1 Å². The Kier molecular flexibility index (Phi) is 4.42. The van der Waals surface area contributed by atoms with E-state index in [0.717, 1.165) is 6.07 Å². The predicted molar refractivity (Wildman–Crippen MR) is 74.0 cm³/mol. The van der Waals surface area contributed by atoms with Crippen LogP contribution in [0.25, 0.3) is 0 Å². The lowest BCUT2D eigenvalue weighted by Gasteiger charge is -2.34. The highest BCUT2D eigenvalue weighted by atomic mass is 19.4. The Morgan fingerprint density at radius 3 is 2.73 bits per heavy atom. The van der Waals surface area contributed by atoms with Gasteiger partial charge < -0.3 is 10.2 Å². The average molecular weight is 316 g/mol. The molecule has 1 saturated heterocycles. The van der Waals surface area contributed by atoms with E-state index >= 15 is 0 Å². The topological polar surface area (TPSA) is 58.1 Å². The van der Waals surface area contributed by atoms with Crippen molar-refractivity contribution in [2.45, 2.75) is 38.4 Å². The standard InChI is InChI=1S/C14H19F3N4O/c1-9-7-10(14(15,16)17)20-12(19-9)13(2)5-4-6-21(13)11(22)8-18-3/h7,18H,4-6,8H2,1-3H3/t13-/m1/s1. The lowest BCUT2D eigenvalue weighted by molar-refractivity contribution is -0.141. The fourth-order valence-electron chi connectivity index (χ4n) is 2.80. The molecule has 2 rings (SSSR count). The predicted octanol–water partition coefficient (Wildman–Crippen LogP) is 1.86. The van der Waals surface area contributed by atoms with Gasteiger partial charge in [0.25, 0.3) is 0 Å². The highest BCUT2D eigenvalue weighted by molar-refractivity contribution is 5.79. The van der Waals surface area contributed by atoms with Crippen LogP contribution in [0.4, 0.5) is 13.2 Å². The molecule has 0 spiro atoms. The van der Waals surface area contributed by atoms with E-state index in [1.807, 2.05) is 0 Å². The molecule has 1 amide bonds. The molecule has 1 fully saturated rings. The van der Waals surface area contributed by atoms with Gasteiger partial charge in [-0.25, -0.2) is 9.97 Å². The molecular weight excluding hydrogens is 297 g/mol. The lowest BCUT2D eigenvalue weighted by atomic mass is 9.97. The van der Waals surface area contributed by atoms with Crippen molar-refractivity contribution in [1.82, 2.24) is 20.2 Å². The summed E-state index contributed by atoms with van der Waals surface area (Å²) in [4.78, 5) is 21.6. The van der Waals surface area contributed by atoms with Crippen LogP contribution in [0.5, 0.6) is 0 Å². The minimum atomic E-state index is -4.53. The molecule has 1 aliphatic heterocycles. The highest BCUT2D eigenvalue weighted by Crippen LogP contribution is 2.38. The van der Waals surface area contributed by atoms with E-state index in [0.29, 0.717) is 19.4 Å². The first-order chi connectivity index (χ1) is 10.2. The van der Waals surface area contributed by atoms with Crippen LogP contribution in [0.2, 0.25) is 0 Å². The van der Waals surface area contributed by atoms with Crippen molar-refractivity contribution in [1.29, 1.82) is 0 Å². The highest BCUT2D eigenvalue weighted by Gasteiger charge is 2.44. The lowest BCUT2D eigenvalue weighted by Crippen LogP contribution is -2.47. The van der Waals surface area contributed by atoms with Gasteiger partial charge in [0, 0.05) is 12.2 Å². The molecule has 5 nitrogen and oxygen atoms in total. The Balaban J connectivity index is 2.44. The molecule has 2 heterocycles. The van der Waals surface area contributed by atoms with E-state index in [9.17, 15) is 18.0 Å². The molecule has 0 radical (unpaired) electrons. The van der Waals surface area contributed by atoms with Crippen LogP contribution in [0.1, 0.15) is 37.0 Å². The van der Waals surface area contributed by atoms with Crippen molar-refractivity contribution in [3.05, 3.63) is 23.3 Å². The molecule has 1 atom stereocenters. The van der Waals surface area contributed by atoms with Crippen LogP contribution in [-0.2, 0) is 16.5 Å². The zero-order valence-corrected chi connectivity index (χ0v) is 12.8. The van der Waals surface area contributed by atoms with Gasteiger partial charge in [0.1, 0.15) is 5.69 Å². The Morgan fingerprint density at radius 1 is 1.45 bits per heavy atom. The number of carbonyl (C=O) groups excluding carboxylic acids is 1. The summed E-state index contributed by atoms with van der Waals surface area (Å²) in [6.45, 7) is 3.85. The third kappa shape index (κ3) is 3.06. The van der Waals surface area contributed by atoms with Crippen molar-refractivity contribution >= 4 is 5.91 Å². The van der Waals surface area contributed by atoms with Gasteiger partial charge in [-0.15, -0.1) is 0 Å². The van der Waals surface area contributed by atoms with E-state index in [1.165, 1.54) is 6.92 Å². The second-order valence-electron chi connectivity index (χ2n) is 5.67. The number of carbonyl (C=O) groups is 1. The second kappa shape index (κ2) is 5.83. The number of hydrogen-bond donors (Lipinski definition) is 1. The fraction of sp³-hybridized carbons (Fsp3) is 0.643. The maximum atomic E-state index is 13.0. The number of nitrogens with zero attached hydrogens (tertiary/aromatic N) is 3. The average Bonchev–Trinajstić information content (AvgIpc) is 2.81. The quantitative estimate of drug-likeness (QED) is 0.925. The number of aryl methyl sites for hydroxylation is 1. The van der Waals surface area contributed by atoms with Gasteiger partial charge in [0.2, 0.25) is 5.91 Å². The molecule has 1 aliphatic rings. The zero-order chi connectivity index (χ0) is 16.5. The SMILES string of the molecule is CNCC(=O)N1CCC[C@]1(C)c1nc(C)cc(C(F)(F)F)n1. The molecule has 0 saturated carbocycles. The van der Waals surface area contributed by atoms with Gasteiger partial charge in [0.05, 0.1) is 12.1 Å². The Bertz CT molecular complexity index is 576. The van der Waals surface area contributed by atoms with Crippen LogP contribution in [0.15, 0.2) is 6.07 Å². The maximum absolute atomic E-state index is 13.0. The first kappa shape index (κ1) is 16.7. The number of likely N-dealkylation sites (tertiary alicyclic amines) is 1. The number of alkyl halides is 3. The molecule has 0 aliphatic carbocycles. The largest absolute Gasteiger partial charge is 0.433 e. The summed E-state index contributed by atoms with van der Waals surface area (Å²) in [6, 6.07) is 0.918. The Morgan fingerprint density at radius 2 is 2.14 bits per heavy atom. The number of halogens is 3. The zero-order valence-electron chi connectivity index (χ0n) is 12.8. The van der Waals surface area contributed by atoms with Crippen LogP contribution in [-0.4, -0.2) is 40.9 Å².